The maximum Gasteiger partial charge on any atom is 0.306 e. The number of carbonyl (C=O) groups excluding carboxylic acids is 2. The summed E-state index contributed by atoms with van der Waals surface area (Å²) < 4.78 is 20.1. The van der Waals surface area contributed by atoms with Crippen LogP contribution in [-0.4, -0.2) is 46.7 Å². The number of Topliss-reactive ketones (excluding diaryl/α,β-unsaturated/α-hetero) is 1. The fourth-order valence-corrected chi connectivity index (χ4v) is 10.9. The molecule has 10 atom stereocenters. The summed E-state index contributed by atoms with van der Waals surface area (Å²) in [6.45, 7) is 27.3. The molecular formula is C36H64O5Si2. The molecule has 4 aliphatic rings. The molecule has 0 aromatic heterocycles. The average molecular weight is 633 g/mol. The van der Waals surface area contributed by atoms with E-state index in [9.17, 15) is 9.59 Å². The largest absolute Gasteiger partial charge is 0.462 e. The van der Waals surface area contributed by atoms with Crippen molar-refractivity contribution < 1.29 is 23.2 Å². The Hall–Kier alpha value is -0.766. The highest BCUT2D eigenvalue weighted by atomic mass is 28.4. The summed E-state index contributed by atoms with van der Waals surface area (Å²) in [5, 5.41) is 0.270. The average Bonchev–Trinajstić information content (AvgIpc) is 3.45. The molecule has 1 heterocycles. The summed E-state index contributed by atoms with van der Waals surface area (Å²) in [6, 6.07) is 0. The van der Waals surface area contributed by atoms with E-state index in [0.717, 1.165) is 44.9 Å². The van der Waals surface area contributed by atoms with Gasteiger partial charge in [-0.25, -0.2) is 0 Å². The molecule has 0 spiro atoms. The zero-order valence-corrected chi connectivity index (χ0v) is 31.6. The molecule has 2 saturated carbocycles. The van der Waals surface area contributed by atoms with Crippen molar-refractivity contribution >= 4 is 28.4 Å². The van der Waals surface area contributed by atoms with E-state index < -0.39 is 16.6 Å². The monoisotopic (exact) mass is 632 g/mol. The zero-order chi connectivity index (χ0) is 32.1. The number of ketones is 1. The summed E-state index contributed by atoms with van der Waals surface area (Å²) in [4.78, 5) is 27.9. The van der Waals surface area contributed by atoms with Crippen LogP contribution in [0.5, 0.6) is 0 Å². The molecule has 246 valence electrons. The Kier molecular flexibility index (Phi) is 10.4. The van der Waals surface area contributed by atoms with Gasteiger partial charge in [0.15, 0.2) is 16.6 Å². The van der Waals surface area contributed by atoms with E-state index in [1.807, 2.05) is 0 Å². The van der Waals surface area contributed by atoms with E-state index in [2.05, 4.69) is 93.7 Å². The van der Waals surface area contributed by atoms with Gasteiger partial charge in [-0.1, -0.05) is 67.5 Å². The Morgan fingerprint density at radius 1 is 0.837 bits per heavy atom. The van der Waals surface area contributed by atoms with Crippen LogP contribution < -0.4 is 0 Å². The highest BCUT2D eigenvalue weighted by Gasteiger charge is 2.55. The predicted octanol–water partition coefficient (Wildman–Crippen LogP) is 9.33. The van der Waals surface area contributed by atoms with E-state index in [-0.39, 0.29) is 58.0 Å². The van der Waals surface area contributed by atoms with E-state index in [0.29, 0.717) is 30.0 Å². The van der Waals surface area contributed by atoms with Gasteiger partial charge in [0, 0.05) is 24.4 Å². The van der Waals surface area contributed by atoms with Crippen molar-refractivity contribution in [2.24, 2.45) is 41.4 Å². The van der Waals surface area contributed by atoms with E-state index in [1.165, 1.54) is 0 Å². The number of cyclic esters (lactones) is 1. The van der Waals surface area contributed by atoms with Gasteiger partial charge in [-0.3, -0.25) is 9.59 Å². The molecule has 0 N–H and O–H groups in total. The Morgan fingerprint density at radius 2 is 1.47 bits per heavy atom. The number of fused-ring (bicyclic) bond motifs is 5. The van der Waals surface area contributed by atoms with Gasteiger partial charge < -0.3 is 13.6 Å². The molecule has 0 unspecified atom stereocenters. The van der Waals surface area contributed by atoms with Crippen molar-refractivity contribution in [1.29, 1.82) is 0 Å². The summed E-state index contributed by atoms with van der Waals surface area (Å²) in [6.07, 6.45) is 11.8. The standard InChI is InChI=1S/C36H64O5Si2/c1-13-25-15-14-16-32(41-43(11,12)36(6,7)8)23(2)34(38)31-21-29-27(30(31)22-33(37)39-25)18-17-24-19-26(20-28(24)29)40-42(9,10)35(3,4)5/h17-18,23-32H,13-16,19-22H2,1-12H3/t23-,24+,25+,26+,27+,28+,29+,30-,31+,32-/m0/s1. The molecule has 4 rings (SSSR count). The van der Waals surface area contributed by atoms with Crippen LogP contribution >= 0.6 is 0 Å². The third kappa shape index (κ3) is 7.46. The zero-order valence-electron chi connectivity index (χ0n) is 29.6. The fraction of sp³-hybridized carbons (Fsp3) is 0.889. The van der Waals surface area contributed by atoms with Crippen LogP contribution in [0, 0.1) is 41.4 Å². The van der Waals surface area contributed by atoms with E-state index in [4.69, 9.17) is 13.6 Å². The number of allylic oxidation sites excluding steroid dienone is 2. The van der Waals surface area contributed by atoms with Gasteiger partial charge in [-0.15, -0.1) is 0 Å². The van der Waals surface area contributed by atoms with Crippen LogP contribution in [0.25, 0.3) is 0 Å². The van der Waals surface area contributed by atoms with Gasteiger partial charge in [0.2, 0.25) is 0 Å². The fourth-order valence-electron chi connectivity index (χ4n) is 8.10. The number of hydrogen-bond donors (Lipinski definition) is 0. The molecule has 0 bridgehead atoms. The van der Waals surface area contributed by atoms with Crippen molar-refractivity contribution in [1.82, 2.24) is 0 Å². The number of carbonyl (C=O) groups is 2. The Morgan fingerprint density at radius 3 is 2.07 bits per heavy atom. The quantitative estimate of drug-likeness (QED) is 0.172. The van der Waals surface area contributed by atoms with E-state index in [1.54, 1.807) is 0 Å². The summed E-state index contributed by atoms with van der Waals surface area (Å²) in [5.74, 6) is 1.64. The first-order valence-electron chi connectivity index (χ1n) is 17.5. The van der Waals surface area contributed by atoms with Gasteiger partial charge >= 0.3 is 5.97 Å². The van der Waals surface area contributed by atoms with Crippen molar-refractivity contribution in [3.63, 3.8) is 0 Å². The van der Waals surface area contributed by atoms with Crippen molar-refractivity contribution in [2.45, 2.75) is 161 Å². The number of ether oxygens (including phenoxy) is 1. The maximum absolute atomic E-state index is 14.6. The van der Waals surface area contributed by atoms with E-state index >= 15 is 0 Å². The van der Waals surface area contributed by atoms with Crippen LogP contribution in [0.1, 0.15) is 107 Å². The Labute approximate surface area is 265 Å². The smallest absolute Gasteiger partial charge is 0.306 e. The molecular weight excluding hydrogens is 569 g/mol. The van der Waals surface area contributed by atoms with Crippen LogP contribution in [0.2, 0.25) is 36.3 Å². The summed E-state index contributed by atoms with van der Waals surface area (Å²) in [5.41, 5.74) is 0. The number of hydrogen-bond acceptors (Lipinski definition) is 5. The van der Waals surface area contributed by atoms with Gasteiger partial charge in [-0.05, 0) is 111 Å². The third-order valence-corrected chi connectivity index (χ3v) is 21.9. The lowest BCUT2D eigenvalue weighted by Gasteiger charge is -2.41. The SMILES string of the molecule is CC[C@@H]1CCC[C@H](O[Si](C)(C)C(C)(C)C)[C@H](C)C(=O)[C@@H]2C[C@@H]3[C@@H](C=C[C@@H]4C[C@@H](O[Si](C)(C)C(C)(C)C)C[C@@H]34)[C@@H]2CC(=O)O1. The number of rotatable bonds is 5. The first-order valence-corrected chi connectivity index (χ1v) is 23.3. The second kappa shape index (κ2) is 12.8. The number of esters is 1. The molecule has 0 amide bonds. The van der Waals surface area contributed by atoms with Crippen LogP contribution in [0.15, 0.2) is 12.2 Å². The highest BCUT2D eigenvalue weighted by Crippen LogP contribution is 2.57. The Balaban J connectivity index is 1.61. The van der Waals surface area contributed by atoms with Crippen LogP contribution in [-0.2, 0) is 23.2 Å². The molecule has 0 aromatic carbocycles. The lowest BCUT2D eigenvalue weighted by molar-refractivity contribution is -0.152. The minimum absolute atomic E-state index is 0.00969. The maximum atomic E-state index is 14.6. The molecule has 43 heavy (non-hydrogen) atoms. The van der Waals surface area contributed by atoms with Gasteiger partial charge in [0.25, 0.3) is 0 Å². The third-order valence-electron chi connectivity index (χ3n) is 12.8. The first-order chi connectivity index (χ1) is 19.8. The van der Waals surface area contributed by atoms with Crippen LogP contribution in [0.3, 0.4) is 0 Å². The summed E-state index contributed by atoms with van der Waals surface area (Å²) in [7, 11) is -3.94. The van der Waals surface area contributed by atoms with Crippen LogP contribution in [0.4, 0.5) is 0 Å². The van der Waals surface area contributed by atoms with Crippen molar-refractivity contribution in [3.8, 4) is 0 Å². The van der Waals surface area contributed by atoms with Gasteiger partial charge in [0.05, 0.1) is 6.10 Å². The molecule has 3 fully saturated rings. The molecule has 1 aliphatic heterocycles. The topological polar surface area (TPSA) is 61.8 Å². The first kappa shape index (κ1) is 35.1. The normalized spacial score (nSPS) is 38.0. The van der Waals surface area contributed by atoms with Gasteiger partial charge in [0.1, 0.15) is 11.9 Å². The summed E-state index contributed by atoms with van der Waals surface area (Å²) >= 11 is 0. The van der Waals surface area contributed by atoms with Crippen molar-refractivity contribution in [2.75, 3.05) is 0 Å². The predicted molar refractivity (Wildman–Crippen MR) is 181 cm³/mol. The van der Waals surface area contributed by atoms with Crippen molar-refractivity contribution in [3.05, 3.63) is 12.2 Å². The lowest BCUT2D eigenvalue weighted by atomic mass is 9.71. The molecule has 1 saturated heterocycles. The molecule has 3 aliphatic carbocycles. The van der Waals surface area contributed by atoms with Gasteiger partial charge in [-0.2, -0.15) is 0 Å². The Bertz CT molecular complexity index is 1040. The highest BCUT2D eigenvalue weighted by molar-refractivity contribution is 6.74. The lowest BCUT2D eigenvalue weighted by Crippen LogP contribution is -2.47. The minimum Gasteiger partial charge on any atom is -0.462 e. The molecule has 7 heteroatoms. The molecule has 0 radical (unpaired) electrons. The minimum atomic E-state index is -2.07. The molecule has 0 aromatic rings. The second-order valence-electron chi connectivity index (χ2n) is 17.7. The molecule has 5 nitrogen and oxygen atoms in total. The second-order valence-corrected chi connectivity index (χ2v) is 27.2.